The van der Waals surface area contributed by atoms with Crippen LogP contribution < -0.4 is 4.90 Å². The Labute approximate surface area is 135 Å². The SMILES string of the molecule is Cn1nccc1CCN1CC(n2cc(N3CCCC3=O)cn2)C1. The Morgan fingerprint density at radius 1 is 1.30 bits per heavy atom. The van der Waals surface area contributed by atoms with Gasteiger partial charge in [-0.05, 0) is 12.5 Å². The lowest BCUT2D eigenvalue weighted by Gasteiger charge is -2.39. The van der Waals surface area contributed by atoms with Crippen molar-refractivity contribution in [3.63, 3.8) is 0 Å². The highest BCUT2D eigenvalue weighted by atomic mass is 16.2. The average molecular weight is 314 g/mol. The van der Waals surface area contributed by atoms with Crippen LogP contribution in [0.5, 0.6) is 0 Å². The molecule has 2 aliphatic rings. The van der Waals surface area contributed by atoms with Gasteiger partial charge in [-0.2, -0.15) is 10.2 Å². The monoisotopic (exact) mass is 314 g/mol. The van der Waals surface area contributed by atoms with Crippen LogP contribution in [0, 0.1) is 0 Å². The first-order valence-corrected chi connectivity index (χ1v) is 8.24. The Bertz CT molecular complexity index is 699. The van der Waals surface area contributed by atoms with Gasteiger partial charge in [-0.15, -0.1) is 0 Å². The predicted molar refractivity (Wildman–Crippen MR) is 86.2 cm³/mol. The van der Waals surface area contributed by atoms with Crippen LogP contribution in [0.4, 0.5) is 5.69 Å². The molecule has 0 saturated carbocycles. The summed E-state index contributed by atoms with van der Waals surface area (Å²) >= 11 is 0. The molecule has 7 nitrogen and oxygen atoms in total. The maximum Gasteiger partial charge on any atom is 0.227 e. The van der Waals surface area contributed by atoms with Crippen molar-refractivity contribution in [2.75, 3.05) is 31.1 Å². The molecule has 2 fully saturated rings. The van der Waals surface area contributed by atoms with Gasteiger partial charge in [0, 0.05) is 64.2 Å². The highest BCUT2D eigenvalue weighted by Gasteiger charge is 2.30. The number of rotatable bonds is 5. The molecule has 1 amide bonds. The molecule has 4 heterocycles. The molecular weight excluding hydrogens is 292 g/mol. The van der Waals surface area contributed by atoms with Gasteiger partial charge in [-0.3, -0.25) is 19.1 Å². The summed E-state index contributed by atoms with van der Waals surface area (Å²) in [5.74, 6) is 0.218. The maximum absolute atomic E-state index is 11.8. The van der Waals surface area contributed by atoms with Gasteiger partial charge in [0.15, 0.2) is 0 Å². The zero-order chi connectivity index (χ0) is 15.8. The Morgan fingerprint density at radius 3 is 2.87 bits per heavy atom. The predicted octanol–water partition coefficient (Wildman–Crippen LogP) is 0.843. The van der Waals surface area contributed by atoms with E-state index in [0.29, 0.717) is 12.5 Å². The summed E-state index contributed by atoms with van der Waals surface area (Å²) in [7, 11) is 1.99. The van der Waals surface area contributed by atoms with Gasteiger partial charge < -0.3 is 4.90 Å². The Hall–Kier alpha value is -2.15. The molecule has 0 radical (unpaired) electrons. The first-order chi connectivity index (χ1) is 11.2. The van der Waals surface area contributed by atoms with Crippen LogP contribution in [0.3, 0.4) is 0 Å². The first kappa shape index (κ1) is 14.4. The third kappa shape index (κ3) is 2.76. The minimum atomic E-state index is 0.218. The molecule has 4 rings (SSSR count). The molecule has 0 bridgehead atoms. The van der Waals surface area contributed by atoms with Crippen LogP contribution in [-0.2, 0) is 18.3 Å². The molecule has 7 heteroatoms. The van der Waals surface area contributed by atoms with Crippen LogP contribution in [0.25, 0.3) is 0 Å². The lowest BCUT2D eigenvalue weighted by molar-refractivity contribution is -0.117. The van der Waals surface area contributed by atoms with Crippen molar-refractivity contribution in [2.45, 2.75) is 25.3 Å². The van der Waals surface area contributed by atoms with E-state index >= 15 is 0 Å². The van der Waals surface area contributed by atoms with Crippen molar-refractivity contribution in [1.29, 1.82) is 0 Å². The molecule has 0 aromatic carbocycles. The number of nitrogens with zero attached hydrogens (tertiary/aromatic N) is 6. The minimum absolute atomic E-state index is 0.218. The number of likely N-dealkylation sites (tertiary alicyclic amines) is 1. The first-order valence-electron chi connectivity index (χ1n) is 8.24. The van der Waals surface area contributed by atoms with E-state index in [1.54, 1.807) is 0 Å². The number of carbonyl (C=O) groups is 1. The van der Waals surface area contributed by atoms with Gasteiger partial charge in [0.05, 0.1) is 17.9 Å². The van der Waals surface area contributed by atoms with E-state index in [9.17, 15) is 4.79 Å². The topological polar surface area (TPSA) is 59.2 Å². The minimum Gasteiger partial charge on any atom is -0.309 e. The van der Waals surface area contributed by atoms with Crippen molar-refractivity contribution >= 4 is 11.6 Å². The summed E-state index contributed by atoms with van der Waals surface area (Å²) in [5, 5.41) is 8.66. The Morgan fingerprint density at radius 2 is 2.17 bits per heavy atom. The summed E-state index contributed by atoms with van der Waals surface area (Å²) in [4.78, 5) is 16.1. The van der Waals surface area contributed by atoms with Gasteiger partial charge >= 0.3 is 0 Å². The smallest absolute Gasteiger partial charge is 0.227 e. The fourth-order valence-electron chi connectivity index (χ4n) is 3.40. The van der Waals surface area contributed by atoms with Gasteiger partial charge in [0.25, 0.3) is 0 Å². The molecule has 122 valence electrons. The fraction of sp³-hybridized carbons (Fsp3) is 0.562. The van der Waals surface area contributed by atoms with E-state index in [-0.39, 0.29) is 5.91 Å². The van der Waals surface area contributed by atoms with Gasteiger partial charge in [0.1, 0.15) is 0 Å². The third-order valence-corrected chi connectivity index (χ3v) is 4.89. The van der Waals surface area contributed by atoms with Crippen molar-refractivity contribution in [1.82, 2.24) is 24.5 Å². The number of aromatic nitrogens is 4. The molecule has 2 saturated heterocycles. The largest absolute Gasteiger partial charge is 0.309 e. The number of anilines is 1. The van der Waals surface area contributed by atoms with Crippen molar-refractivity contribution in [3.8, 4) is 0 Å². The zero-order valence-electron chi connectivity index (χ0n) is 13.4. The fourth-order valence-corrected chi connectivity index (χ4v) is 3.40. The maximum atomic E-state index is 11.8. The molecule has 0 N–H and O–H groups in total. The van der Waals surface area contributed by atoms with E-state index < -0.39 is 0 Å². The second-order valence-electron chi connectivity index (χ2n) is 6.44. The molecule has 0 unspecified atom stereocenters. The normalized spacial score (nSPS) is 19.5. The third-order valence-electron chi connectivity index (χ3n) is 4.89. The lowest BCUT2D eigenvalue weighted by atomic mass is 10.1. The van der Waals surface area contributed by atoms with E-state index in [1.165, 1.54) is 5.69 Å². The van der Waals surface area contributed by atoms with E-state index in [1.807, 2.05) is 39.9 Å². The van der Waals surface area contributed by atoms with Crippen molar-refractivity contribution < 1.29 is 4.79 Å². The second-order valence-corrected chi connectivity index (χ2v) is 6.44. The quantitative estimate of drug-likeness (QED) is 0.821. The lowest BCUT2D eigenvalue weighted by Crippen LogP contribution is -2.48. The molecule has 2 aliphatic heterocycles. The number of aryl methyl sites for hydroxylation is 1. The van der Waals surface area contributed by atoms with Crippen molar-refractivity contribution in [2.24, 2.45) is 7.05 Å². The highest BCUT2D eigenvalue weighted by Crippen LogP contribution is 2.25. The molecule has 2 aromatic rings. The molecule has 23 heavy (non-hydrogen) atoms. The van der Waals surface area contributed by atoms with E-state index in [4.69, 9.17) is 0 Å². The Kier molecular flexibility index (Phi) is 3.65. The van der Waals surface area contributed by atoms with Crippen LogP contribution in [0.2, 0.25) is 0 Å². The van der Waals surface area contributed by atoms with Crippen LogP contribution in [0.1, 0.15) is 24.6 Å². The van der Waals surface area contributed by atoms with Crippen LogP contribution in [0.15, 0.2) is 24.7 Å². The summed E-state index contributed by atoms with van der Waals surface area (Å²) in [6, 6.07) is 2.50. The molecule has 0 spiro atoms. The summed E-state index contributed by atoms with van der Waals surface area (Å²) in [6.45, 7) is 3.92. The number of amides is 1. The molecule has 2 aromatic heterocycles. The number of hydrogen-bond acceptors (Lipinski definition) is 4. The van der Waals surface area contributed by atoms with Gasteiger partial charge in [0.2, 0.25) is 5.91 Å². The number of hydrogen-bond donors (Lipinski definition) is 0. The Balaban J connectivity index is 1.29. The second kappa shape index (κ2) is 5.81. The van der Waals surface area contributed by atoms with E-state index in [2.05, 4.69) is 21.2 Å². The highest BCUT2D eigenvalue weighted by molar-refractivity contribution is 5.95. The van der Waals surface area contributed by atoms with Gasteiger partial charge in [-0.1, -0.05) is 0 Å². The number of carbonyl (C=O) groups excluding carboxylic acids is 1. The average Bonchev–Trinajstić information content (AvgIpc) is 3.19. The van der Waals surface area contributed by atoms with Crippen LogP contribution >= 0.6 is 0 Å². The summed E-state index contributed by atoms with van der Waals surface area (Å²) < 4.78 is 3.95. The van der Waals surface area contributed by atoms with Gasteiger partial charge in [-0.25, -0.2) is 0 Å². The molecular formula is C16H22N6O. The van der Waals surface area contributed by atoms with Crippen LogP contribution in [-0.4, -0.2) is 56.5 Å². The summed E-state index contributed by atoms with van der Waals surface area (Å²) in [6.07, 6.45) is 8.33. The molecule has 0 aliphatic carbocycles. The standard InChI is InChI=1S/C16H22N6O/c1-19-13(4-6-17-19)5-8-20-10-15(11-20)22-12-14(9-18-22)21-7-2-3-16(21)23/h4,6,9,12,15H,2-3,5,7-8,10-11H2,1H3. The zero-order valence-corrected chi connectivity index (χ0v) is 13.4. The van der Waals surface area contributed by atoms with E-state index in [0.717, 1.165) is 44.7 Å². The van der Waals surface area contributed by atoms with Crippen molar-refractivity contribution in [3.05, 3.63) is 30.4 Å². The molecule has 0 atom stereocenters. The summed E-state index contributed by atoms with van der Waals surface area (Å²) in [5.41, 5.74) is 2.21.